The minimum Gasteiger partial charge on any atom is -0.406 e. The van der Waals surface area contributed by atoms with Crippen LogP contribution in [-0.4, -0.2) is 22.0 Å². The highest BCUT2D eigenvalue weighted by Gasteiger charge is 2.31. The van der Waals surface area contributed by atoms with Crippen LogP contribution in [-0.2, 0) is 0 Å². The molecule has 0 fully saturated rings. The fourth-order valence-electron chi connectivity index (χ4n) is 2.42. The molecule has 142 valence electrons. The van der Waals surface area contributed by atoms with Crippen LogP contribution in [0.3, 0.4) is 0 Å². The van der Waals surface area contributed by atoms with Crippen molar-refractivity contribution < 1.29 is 22.7 Å². The molecule has 3 rings (SSSR count). The Labute approximate surface area is 152 Å². The zero-order valence-electron chi connectivity index (χ0n) is 13.4. The van der Waals surface area contributed by atoms with Crippen LogP contribution in [0.2, 0.25) is 0 Å². The molecule has 0 spiro atoms. The Hall–Kier alpha value is -3.36. The van der Waals surface area contributed by atoms with Crippen LogP contribution in [0.25, 0.3) is 5.65 Å². The molecule has 9 heteroatoms. The number of aromatic nitrogens is 2. The Morgan fingerprint density at radius 1 is 1.22 bits per heavy atom. The second kappa shape index (κ2) is 7.48. The number of pyridine rings is 1. The van der Waals surface area contributed by atoms with Gasteiger partial charge in [0, 0.05) is 18.0 Å². The Balaban J connectivity index is 0.00000261. The predicted molar refractivity (Wildman–Crippen MR) is 94.7 cm³/mol. The molecule has 1 aromatic carbocycles. The number of ether oxygens (including phenoxy) is 1. The number of carbonyl (C=O) groups excluding carboxylic acids is 1. The van der Waals surface area contributed by atoms with Gasteiger partial charge in [0.15, 0.2) is 6.29 Å². The van der Waals surface area contributed by atoms with Gasteiger partial charge in [0.2, 0.25) is 0 Å². The van der Waals surface area contributed by atoms with Crippen molar-refractivity contribution in [1.82, 2.24) is 9.38 Å². The standard InChI is InChI=1S/C17H12F3N3O3.CH4/c1-10-4-3-7-23-15(10)22-14(13(9-24)16(23)25)21-11-5-2-6-12(8-11)26-17(18,19)20;/h2-9,21H,1H3;1H4. The number of anilines is 2. The Kier molecular flexibility index (Phi) is 5.53. The van der Waals surface area contributed by atoms with Gasteiger partial charge in [0.1, 0.15) is 22.8 Å². The highest BCUT2D eigenvalue weighted by Crippen LogP contribution is 2.26. The van der Waals surface area contributed by atoms with E-state index >= 15 is 0 Å². The zero-order chi connectivity index (χ0) is 18.9. The second-order valence-electron chi connectivity index (χ2n) is 5.38. The van der Waals surface area contributed by atoms with Gasteiger partial charge >= 0.3 is 6.36 Å². The molecule has 0 atom stereocenters. The van der Waals surface area contributed by atoms with Crippen LogP contribution in [0.5, 0.6) is 5.75 Å². The molecule has 0 saturated heterocycles. The second-order valence-corrected chi connectivity index (χ2v) is 5.38. The van der Waals surface area contributed by atoms with Crippen LogP contribution in [0.4, 0.5) is 24.7 Å². The fourth-order valence-corrected chi connectivity index (χ4v) is 2.42. The molecule has 0 unspecified atom stereocenters. The number of hydrogen-bond acceptors (Lipinski definition) is 5. The number of rotatable bonds is 4. The van der Waals surface area contributed by atoms with Crippen LogP contribution < -0.4 is 15.6 Å². The number of benzene rings is 1. The van der Waals surface area contributed by atoms with E-state index in [1.165, 1.54) is 22.7 Å². The molecule has 0 saturated carbocycles. The van der Waals surface area contributed by atoms with E-state index < -0.39 is 17.7 Å². The van der Waals surface area contributed by atoms with Gasteiger partial charge in [-0.05, 0) is 30.7 Å². The van der Waals surface area contributed by atoms with Crippen molar-refractivity contribution >= 4 is 23.4 Å². The minimum atomic E-state index is -4.83. The summed E-state index contributed by atoms with van der Waals surface area (Å²) in [4.78, 5) is 28.1. The van der Waals surface area contributed by atoms with Crippen molar-refractivity contribution in [1.29, 1.82) is 0 Å². The van der Waals surface area contributed by atoms with E-state index in [9.17, 15) is 22.8 Å². The SMILES string of the molecule is C.Cc1cccn2c(=O)c(C=O)c(Nc3cccc(OC(F)(F)F)c3)nc12. The van der Waals surface area contributed by atoms with Gasteiger partial charge in [-0.2, -0.15) is 0 Å². The number of fused-ring (bicyclic) bond motifs is 1. The van der Waals surface area contributed by atoms with E-state index in [4.69, 9.17) is 0 Å². The third kappa shape index (κ3) is 4.25. The van der Waals surface area contributed by atoms with Crippen molar-refractivity contribution in [2.75, 3.05) is 5.32 Å². The maximum absolute atomic E-state index is 12.5. The van der Waals surface area contributed by atoms with Gasteiger partial charge in [0.25, 0.3) is 5.56 Å². The van der Waals surface area contributed by atoms with Crippen LogP contribution in [0, 0.1) is 6.92 Å². The number of halogens is 3. The molecule has 0 radical (unpaired) electrons. The van der Waals surface area contributed by atoms with Gasteiger partial charge in [-0.25, -0.2) is 4.98 Å². The summed E-state index contributed by atoms with van der Waals surface area (Å²) in [5.41, 5.74) is 0.376. The van der Waals surface area contributed by atoms with Crippen LogP contribution >= 0.6 is 0 Å². The van der Waals surface area contributed by atoms with Gasteiger partial charge in [-0.1, -0.05) is 19.6 Å². The molecule has 0 aliphatic rings. The lowest BCUT2D eigenvalue weighted by Crippen LogP contribution is -2.22. The third-order valence-electron chi connectivity index (χ3n) is 3.53. The molecule has 6 nitrogen and oxygen atoms in total. The van der Waals surface area contributed by atoms with Gasteiger partial charge in [-0.3, -0.25) is 14.0 Å². The zero-order valence-corrected chi connectivity index (χ0v) is 13.4. The highest BCUT2D eigenvalue weighted by molar-refractivity contribution is 5.84. The van der Waals surface area contributed by atoms with Crippen LogP contribution in [0.1, 0.15) is 23.3 Å². The van der Waals surface area contributed by atoms with E-state index in [1.807, 2.05) is 0 Å². The van der Waals surface area contributed by atoms with Crippen molar-refractivity contribution in [3.8, 4) is 5.75 Å². The first-order valence-electron chi connectivity index (χ1n) is 7.38. The van der Waals surface area contributed by atoms with Crippen molar-refractivity contribution in [3.63, 3.8) is 0 Å². The molecule has 0 bridgehead atoms. The molecule has 3 aromatic rings. The summed E-state index contributed by atoms with van der Waals surface area (Å²) in [6, 6.07) is 8.40. The summed E-state index contributed by atoms with van der Waals surface area (Å²) < 4.78 is 42.1. The van der Waals surface area contributed by atoms with E-state index in [-0.39, 0.29) is 24.5 Å². The first-order valence-corrected chi connectivity index (χ1v) is 7.38. The van der Waals surface area contributed by atoms with E-state index in [2.05, 4.69) is 15.0 Å². The number of nitrogens with one attached hydrogen (secondary N) is 1. The number of hydrogen-bond donors (Lipinski definition) is 1. The molecule has 0 aliphatic heterocycles. The highest BCUT2D eigenvalue weighted by atomic mass is 19.4. The average molecular weight is 379 g/mol. The van der Waals surface area contributed by atoms with E-state index in [1.54, 1.807) is 19.1 Å². The van der Waals surface area contributed by atoms with Crippen molar-refractivity contribution in [2.24, 2.45) is 0 Å². The van der Waals surface area contributed by atoms with Crippen molar-refractivity contribution in [3.05, 3.63) is 64.1 Å². The molecule has 0 aliphatic carbocycles. The van der Waals surface area contributed by atoms with Gasteiger partial charge in [0.05, 0.1) is 0 Å². The lowest BCUT2D eigenvalue weighted by molar-refractivity contribution is -0.274. The lowest BCUT2D eigenvalue weighted by atomic mass is 10.2. The molecule has 2 heterocycles. The Morgan fingerprint density at radius 2 is 1.96 bits per heavy atom. The number of aryl methyl sites for hydroxylation is 1. The summed E-state index contributed by atoms with van der Waals surface area (Å²) in [6.45, 7) is 1.74. The van der Waals surface area contributed by atoms with Gasteiger partial charge < -0.3 is 10.1 Å². The Bertz CT molecular complexity index is 1050. The maximum atomic E-state index is 12.5. The Morgan fingerprint density at radius 3 is 2.63 bits per heavy atom. The molecular formula is C18H16F3N3O3. The summed E-state index contributed by atoms with van der Waals surface area (Å²) in [6.07, 6.45) is -3.00. The minimum absolute atomic E-state index is 0. The van der Waals surface area contributed by atoms with Gasteiger partial charge in [-0.15, -0.1) is 13.2 Å². The molecule has 27 heavy (non-hydrogen) atoms. The third-order valence-corrected chi connectivity index (χ3v) is 3.53. The topological polar surface area (TPSA) is 72.7 Å². The summed E-state index contributed by atoms with van der Waals surface area (Å²) in [5, 5.41) is 2.71. The largest absolute Gasteiger partial charge is 0.573 e. The number of alkyl halides is 3. The molecular weight excluding hydrogens is 363 g/mol. The number of aldehydes is 1. The molecule has 0 amide bonds. The fraction of sp³-hybridized carbons (Fsp3) is 0.167. The molecule has 2 aromatic heterocycles. The average Bonchev–Trinajstić information content (AvgIpc) is 2.55. The summed E-state index contributed by atoms with van der Waals surface area (Å²) >= 11 is 0. The molecule has 1 N–H and O–H groups in total. The number of carbonyl (C=O) groups is 1. The first-order chi connectivity index (χ1) is 12.3. The quantitative estimate of drug-likeness (QED) is 0.691. The maximum Gasteiger partial charge on any atom is 0.573 e. The monoisotopic (exact) mass is 379 g/mol. The van der Waals surface area contributed by atoms with Crippen molar-refractivity contribution in [2.45, 2.75) is 20.7 Å². The number of nitrogens with zero attached hydrogens (tertiary/aromatic N) is 2. The summed E-state index contributed by atoms with van der Waals surface area (Å²) in [5.74, 6) is -0.493. The van der Waals surface area contributed by atoms with Crippen LogP contribution in [0.15, 0.2) is 47.4 Å². The van der Waals surface area contributed by atoms with E-state index in [0.29, 0.717) is 17.5 Å². The normalized spacial score (nSPS) is 11.0. The van der Waals surface area contributed by atoms with E-state index in [0.717, 1.165) is 12.1 Å². The first kappa shape index (κ1) is 20.0. The smallest absolute Gasteiger partial charge is 0.406 e. The predicted octanol–water partition coefficient (Wildman–Crippen LogP) is 4.09. The lowest BCUT2D eigenvalue weighted by Gasteiger charge is -2.13. The summed E-state index contributed by atoms with van der Waals surface area (Å²) in [7, 11) is 0.